The number of nitrogens with zero attached hydrogens (tertiary/aromatic N) is 3. The molecule has 19 heavy (non-hydrogen) atoms. The first-order valence-electron chi connectivity index (χ1n) is 4.78. The van der Waals surface area contributed by atoms with Gasteiger partial charge in [-0.3, -0.25) is 4.79 Å². The highest BCUT2D eigenvalue weighted by molar-refractivity contribution is 9.10. The van der Waals surface area contributed by atoms with Crippen LogP contribution in [0.5, 0.6) is 0 Å². The van der Waals surface area contributed by atoms with E-state index in [4.69, 9.17) is 11.6 Å². The Labute approximate surface area is 118 Å². The summed E-state index contributed by atoms with van der Waals surface area (Å²) in [7, 11) is 0. The summed E-state index contributed by atoms with van der Waals surface area (Å²) in [4.78, 5) is 11.0. The number of aromatic nitrogens is 3. The third-order valence-electron chi connectivity index (χ3n) is 2.15. The highest BCUT2D eigenvalue weighted by Gasteiger charge is 2.41. The van der Waals surface area contributed by atoms with Crippen LogP contribution in [0.15, 0.2) is 28.9 Å². The van der Waals surface area contributed by atoms with Crippen LogP contribution in [0.25, 0.3) is 5.69 Å². The van der Waals surface area contributed by atoms with Crippen LogP contribution in [0.2, 0.25) is 5.02 Å². The Morgan fingerprint density at radius 2 is 2.05 bits per heavy atom. The molecule has 9 heteroatoms. The molecule has 0 saturated carbocycles. The minimum absolute atomic E-state index is 0.358. The van der Waals surface area contributed by atoms with Gasteiger partial charge in [0, 0.05) is 4.47 Å². The standard InChI is InChI=1S/C10H4BrClF3N3O/c11-6-2-1-5(3-7(6)12)18-4-8(16-17-18)9(19)10(13,14)15/h1-4H. The Hall–Kier alpha value is -1.41. The van der Waals surface area contributed by atoms with Crippen LogP contribution in [-0.2, 0) is 0 Å². The number of Topliss-reactive ketones (excluding diaryl/α,β-unsaturated/α-hetero) is 1. The molecular weight excluding hydrogens is 350 g/mol. The van der Waals surface area contributed by atoms with E-state index in [0.717, 1.165) is 10.9 Å². The molecule has 0 fully saturated rings. The quantitative estimate of drug-likeness (QED) is 0.776. The maximum absolute atomic E-state index is 12.2. The van der Waals surface area contributed by atoms with Crippen LogP contribution in [0, 0.1) is 0 Å². The van der Waals surface area contributed by atoms with Crippen LogP contribution in [-0.4, -0.2) is 27.0 Å². The molecule has 0 aliphatic rings. The van der Waals surface area contributed by atoms with Crippen molar-refractivity contribution in [3.8, 4) is 5.69 Å². The second-order valence-electron chi connectivity index (χ2n) is 3.47. The smallest absolute Gasteiger partial charge is 0.282 e. The van der Waals surface area contributed by atoms with Crippen LogP contribution >= 0.6 is 27.5 Å². The van der Waals surface area contributed by atoms with Crippen molar-refractivity contribution < 1.29 is 18.0 Å². The van der Waals surface area contributed by atoms with E-state index >= 15 is 0 Å². The Balaban J connectivity index is 2.36. The first-order chi connectivity index (χ1) is 8.79. The molecule has 2 rings (SSSR count). The lowest BCUT2D eigenvalue weighted by Gasteiger charge is -2.02. The molecule has 1 heterocycles. The fourth-order valence-corrected chi connectivity index (χ4v) is 1.69. The van der Waals surface area contributed by atoms with E-state index in [-0.39, 0.29) is 0 Å². The molecule has 0 amide bonds. The van der Waals surface area contributed by atoms with Crippen molar-refractivity contribution in [2.24, 2.45) is 0 Å². The van der Waals surface area contributed by atoms with Gasteiger partial charge in [-0.25, -0.2) is 4.68 Å². The normalized spacial score (nSPS) is 11.6. The van der Waals surface area contributed by atoms with E-state index in [9.17, 15) is 18.0 Å². The molecule has 4 nitrogen and oxygen atoms in total. The van der Waals surface area contributed by atoms with Gasteiger partial charge in [0.25, 0.3) is 5.78 Å². The van der Waals surface area contributed by atoms with Gasteiger partial charge in [0.05, 0.1) is 16.9 Å². The van der Waals surface area contributed by atoms with E-state index in [1.165, 1.54) is 6.07 Å². The summed E-state index contributed by atoms with van der Waals surface area (Å²) in [6, 6.07) is 4.64. The number of alkyl halides is 3. The number of hydrogen-bond acceptors (Lipinski definition) is 3. The molecule has 0 bridgehead atoms. The lowest BCUT2D eigenvalue weighted by atomic mass is 10.3. The minimum Gasteiger partial charge on any atom is -0.282 e. The van der Waals surface area contributed by atoms with Crippen LogP contribution in [0.3, 0.4) is 0 Å². The van der Waals surface area contributed by atoms with Gasteiger partial charge in [0.15, 0.2) is 5.69 Å². The first-order valence-corrected chi connectivity index (χ1v) is 5.95. The predicted molar refractivity (Wildman–Crippen MR) is 64.5 cm³/mol. The third-order valence-corrected chi connectivity index (χ3v) is 3.38. The molecule has 100 valence electrons. The van der Waals surface area contributed by atoms with Crippen molar-refractivity contribution in [2.45, 2.75) is 6.18 Å². The molecule has 2 aromatic rings. The van der Waals surface area contributed by atoms with Gasteiger partial charge < -0.3 is 0 Å². The summed E-state index contributed by atoms with van der Waals surface area (Å²) in [6.07, 6.45) is -4.08. The van der Waals surface area contributed by atoms with Crippen LogP contribution < -0.4 is 0 Å². The second kappa shape index (κ2) is 4.93. The van der Waals surface area contributed by atoms with Gasteiger partial charge in [-0.15, -0.1) is 5.10 Å². The second-order valence-corrected chi connectivity index (χ2v) is 4.74. The topological polar surface area (TPSA) is 47.8 Å². The number of hydrogen-bond donors (Lipinski definition) is 0. The lowest BCUT2D eigenvalue weighted by molar-refractivity contribution is -0.0888. The van der Waals surface area contributed by atoms with E-state index in [0.29, 0.717) is 15.2 Å². The van der Waals surface area contributed by atoms with Gasteiger partial charge in [-0.2, -0.15) is 13.2 Å². The van der Waals surface area contributed by atoms with Crippen molar-refractivity contribution in [3.63, 3.8) is 0 Å². The third kappa shape index (κ3) is 2.95. The molecule has 0 spiro atoms. The van der Waals surface area contributed by atoms with E-state index in [1.807, 2.05) is 0 Å². The summed E-state index contributed by atoms with van der Waals surface area (Å²) >= 11 is 9.03. The SMILES string of the molecule is O=C(c1cn(-c2ccc(Br)c(Cl)c2)nn1)C(F)(F)F. The zero-order chi connectivity index (χ0) is 14.2. The number of benzene rings is 1. The number of halogens is 5. The van der Waals surface area contributed by atoms with Crippen LogP contribution in [0.4, 0.5) is 13.2 Å². The van der Waals surface area contributed by atoms with Crippen LogP contribution in [0.1, 0.15) is 10.5 Å². The Kier molecular flexibility index (Phi) is 3.64. The summed E-state index contributed by atoms with van der Waals surface area (Å²) in [5.74, 6) is -2.04. The Bertz CT molecular complexity index is 641. The van der Waals surface area contributed by atoms with E-state index in [1.54, 1.807) is 12.1 Å². The predicted octanol–water partition coefficient (Wildman–Crippen LogP) is 3.43. The zero-order valence-corrected chi connectivity index (χ0v) is 11.3. The van der Waals surface area contributed by atoms with Gasteiger partial charge in [0.1, 0.15) is 0 Å². The van der Waals surface area contributed by atoms with Crippen molar-refractivity contribution in [3.05, 3.63) is 39.6 Å². The molecule has 0 aliphatic carbocycles. The average molecular weight is 355 g/mol. The Morgan fingerprint density at radius 1 is 1.37 bits per heavy atom. The molecule has 1 aromatic heterocycles. The van der Waals surface area contributed by atoms with E-state index < -0.39 is 17.7 Å². The molecule has 0 N–H and O–H groups in total. The number of rotatable bonds is 2. The first kappa shape index (κ1) is 14.0. The van der Waals surface area contributed by atoms with Crippen molar-refractivity contribution >= 4 is 33.3 Å². The monoisotopic (exact) mass is 353 g/mol. The molecule has 0 aliphatic heterocycles. The van der Waals surface area contributed by atoms with Gasteiger partial charge in [-0.1, -0.05) is 16.8 Å². The molecular formula is C10H4BrClF3N3O. The summed E-state index contributed by atoms with van der Waals surface area (Å²) < 4.78 is 38.3. The fraction of sp³-hybridized carbons (Fsp3) is 0.100. The highest BCUT2D eigenvalue weighted by atomic mass is 79.9. The maximum Gasteiger partial charge on any atom is 0.456 e. The van der Waals surface area contributed by atoms with Crippen molar-refractivity contribution in [2.75, 3.05) is 0 Å². The molecule has 0 unspecified atom stereocenters. The number of carbonyl (C=O) groups excluding carboxylic acids is 1. The highest BCUT2D eigenvalue weighted by Crippen LogP contribution is 2.25. The van der Waals surface area contributed by atoms with E-state index in [2.05, 4.69) is 26.2 Å². The number of carbonyl (C=O) groups is 1. The molecule has 0 atom stereocenters. The fourth-order valence-electron chi connectivity index (χ4n) is 1.27. The number of ketones is 1. The minimum atomic E-state index is -4.97. The van der Waals surface area contributed by atoms with Gasteiger partial charge in [-0.05, 0) is 34.1 Å². The zero-order valence-electron chi connectivity index (χ0n) is 8.95. The maximum atomic E-state index is 12.2. The summed E-state index contributed by atoms with van der Waals surface area (Å²) in [5.41, 5.74) is -0.381. The van der Waals surface area contributed by atoms with Crippen molar-refractivity contribution in [1.29, 1.82) is 0 Å². The summed E-state index contributed by atoms with van der Waals surface area (Å²) in [6.45, 7) is 0. The van der Waals surface area contributed by atoms with Gasteiger partial charge >= 0.3 is 6.18 Å². The van der Waals surface area contributed by atoms with Crippen molar-refractivity contribution in [1.82, 2.24) is 15.0 Å². The van der Waals surface area contributed by atoms with Gasteiger partial charge in [0.2, 0.25) is 0 Å². The Morgan fingerprint density at radius 3 is 2.63 bits per heavy atom. The lowest BCUT2D eigenvalue weighted by Crippen LogP contribution is -2.23. The largest absolute Gasteiger partial charge is 0.456 e. The molecule has 0 radical (unpaired) electrons. The average Bonchev–Trinajstić information content (AvgIpc) is 2.79. The molecule has 1 aromatic carbocycles. The molecule has 0 saturated heterocycles. The summed E-state index contributed by atoms with van der Waals surface area (Å²) in [5, 5.41) is 7.02.